The molecule has 5 heteroatoms. The molecule has 4 aromatic heterocycles. The number of nitrogens with zero attached hydrogens (tertiary/aromatic N) is 3. The van der Waals surface area contributed by atoms with Crippen LogP contribution < -0.4 is 0 Å². The first-order chi connectivity index (χ1) is 26.3. The second-order valence-corrected chi connectivity index (χ2v) is 15.8. The number of benzene rings is 8. The molecule has 0 saturated carbocycles. The molecule has 0 fully saturated rings. The third-order valence-corrected chi connectivity index (χ3v) is 13.2. The van der Waals surface area contributed by atoms with Crippen molar-refractivity contribution in [1.29, 1.82) is 0 Å². The Balaban J connectivity index is 1.09. The summed E-state index contributed by atoms with van der Waals surface area (Å²) in [6.07, 6.45) is 0. The van der Waals surface area contributed by atoms with Crippen molar-refractivity contribution in [2.75, 3.05) is 0 Å². The molecular weight excluding hydrogens is 683 g/mol. The minimum Gasteiger partial charge on any atom is -0.309 e. The largest absolute Gasteiger partial charge is 0.309 e. The minimum absolute atomic E-state index is 0.760. The van der Waals surface area contributed by atoms with Crippen molar-refractivity contribution in [1.82, 2.24) is 14.5 Å². The van der Waals surface area contributed by atoms with Crippen LogP contribution in [-0.4, -0.2) is 14.5 Å². The van der Waals surface area contributed by atoms with Gasteiger partial charge in [-0.15, -0.1) is 22.7 Å². The average molecular weight is 710 g/mol. The van der Waals surface area contributed by atoms with Crippen LogP contribution in [0, 0.1) is 0 Å². The Bertz CT molecular complexity index is 3480. The van der Waals surface area contributed by atoms with E-state index in [-0.39, 0.29) is 0 Å². The van der Waals surface area contributed by atoms with Crippen LogP contribution in [0.4, 0.5) is 0 Å². The Labute approximate surface area is 311 Å². The van der Waals surface area contributed by atoms with Crippen molar-refractivity contribution in [2.24, 2.45) is 0 Å². The summed E-state index contributed by atoms with van der Waals surface area (Å²) in [7, 11) is 0. The van der Waals surface area contributed by atoms with Gasteiger partial charge in [-0.2, -0.15) is 0 Å². The lowest BCUT2D eigenvalue weighted by molar-refractivity contribution is 1.19. The van der Waals surface area contributed by atoms with E-state index in [1.807, 2.05) is 11.3 Å². The van der Waals surface area contributed by atoms with Crippen LogP contribution in [0.3, 0.4) is 0 Å². The molecule has 12 rings (SSSR count). The lowest BCUT2D eigenvalue weighted by atomic mass is 10.0. The molecule has 0 bridgehead atoms. The first kappa shape index (κ1) is 29.2. The van der Waals surface area contributed by atoms with Crippen LogP contribution in [0.1, 0.15) is 0 Å². The molecule has 53 heavy (non-hydrogen) atoms. The molecule has 0 N–H and O–H groups in total. The maximum absolute atomic E-state index is 5.42. The van der Waals surface area contributed by atoms with Crippen molar-refractivity contribution in [3.8, 4) is 28.3 Å². The minimum atomic E-state index is 0.760. The van der Waals surface area contributed by atoms with Gasteiger partial charge < -0.3 is 4.57 Å². The Kier molecular flexibility index (Phi) is 6.09. The van der Waals surface area contributed by atoms with E-state index in [4.69, 9.17) is 9.97 Å². The third kappa shape index (κ3) is 4.26. The van der Waals surface area contributed by atoms with Crippen molar-refractivity contribution >= 4 is 106 Å². The van der Waals surface area contributed by atoms with Gasteiger partial charge in [-0.05, 0) is 64.0 Å². The van der Waals surface area contributed by atoms with Gasteiger partial charge in [0.25, 0.3) is 0 Å². The molecule has 3 nitrogen and oxygen atoms in total. The maximum Gasteiger partial charge on any atom is 0.161 e. The highest BCUT2D eigenvalue weighted by atomic mass is 32.1. The summed E-state index contributed by atoms with van der Waals surface area (Å²) in [6.45, 7) is 0. The van der Waals surface area contributed by atoms with Crippen LogP contribution >= 0.6 is 22.7 Å². The van der Waals surface area contributed by atoms with E-state index in [1.54, 1.807) is 11.3 Å². The quantitative estimate of drug-likeness (QED) is 0.183. The standard InChI is InChI=1S/C48H27N3S2/c1-2-12-30-26-31(21-20-28(30)10-1)44-47-45(37-15-6-8-19-41(37)52-47)50-48(49-44)38-17-9-16-35-34-24-23-32(27-42(34)53-46(35)38)51-39-18-7-5-14-36(39)43-33-13-4-3-11-29(33)22-25-40(43)51/h1-27H. The van der Waals surface area contributed by atoms with Crippen molar-refractivity contribution < 1.29 is 0 Å². The summed E-state index contributed by atoms with van der Waals surface area (Å²) in [5, 5.41) is 11.2. The van der Waals surface area contributed by atoms with Crippen LogP contribution in [0.2, 0.25) is 0 Å². The van der Waals surface area contributed by atoms with Gasteiger partial charge in [-0.1, -0.05) is 121 Å². The topological polar surface area (TPSA) is 30.7 Å². The zero-order valence-electron chi connectivity index (χ0n) is 28.2. The van der Waals surface area contributed by atoms with Crippen molar-refractivity contribution in [3.05, 3.63) is 164 Å². The highest BCUT2D eigenvalue weighted by Gasteiger charge is 2.20. The van der Waals surface area contributed by atoms with E-state index in [9.17, 15) is 0 Å². The zero-order chi connectivity index (χ0) is 34.6. The fourth-order valence-corrected chi connectivity index (χ4v) is 10.8. The summed E-state index contributed by atoms with van der Waals surface area (Å²) < 4.78 is 7.22. The average Bonchev–Trinajstić information content (AvgIpc) is 3.89. The smallest absolute Gasteiger partial charge is 0.161 e. The van der Waals surface area contributed by atoms with Gasteiger partial charge in [0.15, 0.2) is 5.82 Å². The molecule has 12 aromatic rings. The molecule has 0 atom stereocenters. The summed E-state index contributed by atoms with van der Waals surface area (Å²) in [5.41, 5.74) is 7.76. The normalized spacial score (nSPS) is 12.2. The molecular formula is C48H27N3S2. The summed E-state index contributed by atoms with van der Waals surface area (Å²) >= 11 is 3.61. The second kappa shape index (κ2) is 11.1. The van der Waals surface area contributed by atoms with Gasteiger partial charge in [0.2, 0.25) is 0 Å². The Morgan fingerprint density at radius 3 is 2.09 bits per heavy atom. The summed E-state index contributed by atoms with van der Waals surface area (Å²) in [6, 6.07) is 59.3. The number of thiophene rings is 2. The number of para-hydroxylation sites is 1. The van der Waals surface area contributed by atoms with Gasteiger partial charge in [0, 0.05) is 57.8 Å². The van der Waals surface area contributed by atoms with Gasteiger partial charge in [0.05, 0.1) is 26.9 Å². The number of hydrogen-bond donors (Lipinski definition) is 0. The number of aromatic nitrogens is 3. The van der Waals surface area contributed by atoms with Crippen LogP contribution in [0.25, 0.3) is 112 Å². The molecule has 0 aliphatic heterocycles. The lowest BCUT2D eigenvalue weighted by Crippen LogP contribution is -1.94. The van der Waals surface area contributed by atoms with E-state index >= 15 is 0 Å². The summed E-state index contributed by atoms with van der Waals surface area (Å²) in [5.74, 6) is 0.760. The SMILES string of the molecule is c1ccc2cc(-c3nc(-c4cccc5c4sc4cc(-n6c7ccccc7c7c8ccccc8ccc76)ccc45)nc4c3sc3ccccc34)ccc2c1. The molecule has 0 spiro atoms. The van der Waals surface area contributed by atoms with Crippen LogP contribution in [0.5, 0.6) is 0 Å². The van der Waals surface area contributed by atoms with Crippen LogP contribution in [0.15, 0.2) is 164 Å². The number of hydrogen-bond acceptors (Lipinski definition) is 4. The van der Waals surface area contributed by atoms with E-state index in [0.29, 0.717) is 0 Å². The predicted octanol–water partition coefficient (Wildman–Crippen LogP) is 13.9. The first-order valence-electron chi connectivity index (χ1n) is 17.8. The monoisotopic (exact) mass is 709 g/mol. The maximum atomic E-state index is 5.42. The number of fused-ring (bicyclic) bond motifs is 12. The molecule has 246 valence electrons. The Morgan fingerprint density at radius 1 is 0.434 bits per heavy atom. The molecule has 8 aromatic carbocycles. The molecule has 0 radical (unpaired) electrons. The molecule has 0 amide bonds. The second-order valence-electron chi connectivity index (χ2n) is 13.7. The molecule has 0 unspecified atom stereocenters. The molecule has 0 aliphatic carbocycles. The first-order valence-corrected chi connectivity index (χ1v) is 19.5. The van der Waals surface area contributed by atoms with E-state index < -0.39 is 0 Å². The van der Waals surface area contributed by atoms with E-state index in [2.05, 4.69) is 168 Å². The lowest BCUT2D eigenvalue weighted by Gasteiger charge is -2.09. The highest BCUT2D eigenvalue weighted by Crippen LogP contribution is 2.44. The Morgan fingerprint density at radius 2 is 1.17 bits per heavy atom. The predicted molar refractivity (Wildman–Crippen MR) is 228 cm³/mol. The van der Waals surface area contributed by atoms with Crippen LogP contribution in [-0.2, 0) is 0 Å². The molecule has 0 aliphatic rings. The van der Waals surface area contributed by atoms with Gasteiger partial charge in [-0.3, -0.25) is 0 Å². The van der Waals surface area contributed by atoms with E-state index in [1.165, 1.54) is 73.6 Å². The van der Waals surface area contributed by atoms with Gasteiger partial charge >= 0.3 is 0 Å². The molecule has 4 heterocycles. The number of rotatable bonds is 3. The van der Waals surface area contributed by atoms with Crippen molar-refractivity contribution in [3.63, 3.8) is 0 Å². The Hall–Kier alpha value is -6.40. The highest BCUT2D eigenvalue weighted by molar-refractivity contribution is 7.26. The van der Waals surface area contributed by atoms with Crippen molar-refractivity contribution in [2.45, 2.75) is 0 Å². The fraction of sp³-hybridized carbons (Fsp3) is 0. The van der Waals surface area contributed by atoms with Gasteiger partial charge in [0.1, 0.15) is 0 Å². The van der Waals surface area contributed by atoms with Gasteiger partial charge in [-0.25, -0.2) is 9.97 Å². The fourth-order valence-electron chi connectivity index (χ4n) is 8.36. The zero-order valence-corrected chi connectivity index (χ0v) is 29.9. The molecule has 0 saturated heterocycles. The third-order valence-electron chi connectivity index (χ3n) is 10.8. The summed E-state index contributed by atoms with van der Waals surface area (Å²) in [4.78, 5) is 10.8. The van der Waals surface area contributed by atoms with E-state index in [0.717, 1.165) is 38.5 Å².